The van der Waals surface area contributed by atoms with Crippen molar-refractivity contribution in [1.82, 2.24) is 13.9 Å². The van der Waals surface area contributed by atoms with Gasteiger partial charge in [0, 0.05) is 25.7 Å². The SMILES string of the molecule is CCOC(=O)c1cc(S(=O)(=O)N(C)CC(=O)Nc2nc(C)cs2)cn1C. The fraction of sp³-hybridized carbons (Fsp3) is 0.400. The van der Waals surface area contributed by atoms with E-state index < -0.39 is 21.9 Å². The van der Waals surface area contributed by atoms with E-state index in [1.807, 2.05) is 0 Å². The lowest BCUT2D eigenvalue weighted by atomic mass is 10.4. The Labute approximate surface area is 155 Å². The van der Waals surface area contributed by atoms with Crippen molar-refractivity contribution >= 4 is 38.4 Å². The molecule has 1 amide bonds. The van der Waals surface area contributed by atoms with E-state index in [1.54, 1.807) is 26.3 Å². The average Bonchev–Trinajstić information content (AvgIpc) is 3.13. The Balaban J connectivity index is 2.12. The highest BCUT2D eigenvalue weighted by Crippen LogP contribution is 2.19. The molecule has 0 saturated carbocycles. The second kappa shape index (κ2) is 7.98. The topological polar surface area (TPSA) is 111 Å². The maximum Gasteiger partial charge on any atom is 0.354 e. The summed E-state index contributed by atoms with van der Waals surface area (Å²) < 4.78 is 32.4. The molecule has 0 aliphatic carbocycles. The monoisotopic (exact) mass is 400 g/mol. The number of aryl methyl sites for hydroxylation is 2. The third kappa shape index (κ3) is 4.48. The van der Waals surface area contributed by atoms with Gasteiger partial charge >= 0.3 is 5.97 Å². The predicted octanol–water partition coefficient (Wildman–Crippen LogP) is 1.23. The molecule has 0 unspecified atom stereocenters. The van der Waals surface area contributed by atoms with E-state index >= 15 is 0 Å². The van der Waals surface area contributed by atoms with E-state index in [0.717, 1.165) is 10.00 Å². The van der Waals surface area contributed by atoms with Crippen molar-refractivity contribution in [1.29, 1.82) is 0 Å². The highest BCUT2D eigenvalue weighted by atomic mass is 32.2. The molecule has 0 spiro atoms. The van der Waals surface area contributed by atoms with E-state index in [9.17, 15) is 18.0 Å². The van der Waals surface area contributed by atoms with Crippen LogP contribution in [-0.2, 0) is 26.6 Å². The third-order valence-corrected chi connectivity index (χ3v) is 6.05. The van der Waals surface area contributed by atoms with Gasteiger partial charge in [-0.1, -0.05) is 0 Å². The Hall–Kier alpha value is -2.24. The quantitative estimate of drug-likeness (QED) is 0.700. The van der Waals surface area contributed by atoms with Gasteiger partial charge in [-0.3, -0.25) is 4.79 Å². The Morgan fingerprint density at radius 3 is 2.69 bits per heavy atom. The molecule has 2 heterocycles. The summed E-state index contributed by atoms with van der Waals surface area (Å²) in [7, 11) is -1.11. The van der Waals surface area contributed by atoms with Gasteiger partial charge in [-0.15, -0.1) is 11.3 Å². The number of likely N-dealkylation sites (N-methyl/N-ethyl adjacent to an activating group) is 1. The van der Waals surface area contributed by atoms with Crippen LogP contribution < -0.4 is 5.32 Å². The molecule has 0 radical (unpaired) electrons. The first-order valence-electron chi connectivity index (χ1n) is 7.67. The maximum absolute atomic E-state index is 12.6. The summed E-state index contributed by atoms with van der Waals surface area (Å²) >= 11 is 1.26. The molecule has 0 aliphatic rings. The van der Waals surface area contributed by atoms with Gasteiger partial charge in [0.05, 0.1) is 18.8 Å². The average molecular weight is 400 g/mol. The summed E-state index contributed by atoms with van der Waals surface area (Å²) in [5.41, 5.74) is 0.878. The van der Waals surface area contributed by atoms with Crippen molar-refractivity contribution in [2.45, 2.75) is 18.7 Å². The molecule has 2 aromatic rings. The van der Waals surface area contributed by atoms with E-state index in [2.05, 4.69) is 10.3 Å². The van der Waals surface area contributed by atoms with Gasteiger partial charge in [0.1, 0.15) is 10.6 Å². The van der Waals surface area contributed by atoms with Crippen molar-refractivity contribution < 1.29 is 22.7 Å². The lowest BCUT2D eigenvalue weighted by Gasteiger charge is -2.15. The van der Waals surface area contributed by atoms with Crippen LogP contribution in [0.15, 0.2) is 22.5 Å². The van der Waals surface area contributed by atoms with Crippen LogP contribution >= 0.6 is 11.3 Å². The van der Waals surface area contributed by atoms with Gasteiger partial charge in [0.15, 0.2) is 5.13 Å². The molecule has 0 saturated heterocycles. The van der Waals surface area contributed by atoms with Crippen LogP contribution in [0.5, 0.6) is 0 Å². The number of anilines is 1. The highest BCUT2D eigenvalue weighted by Gasteiger charge is 2.27. The minimum atomic E-state index is -3.94. The molecule has 0 atom stereocenters. The number of carbonyl (C=O) groups excluding carboxylic acids is 2. The molecule has 26 heavy (non-hydrogen) atoms. The van der Waals surface area contributed by atoms with Gasteiger partial charge in [-0.05, 0) is 19.9 Å². The standard InChI is InChI=1S/C15H20N4O5S2/c1-5-24-14(21)12-6-11(7-18(12)3)26(22,23)19(4)8-13(20)17-15-16-10(2)9-25-15/h6-7,9H,5,8H2,1-4H3,(H,16,17,20). The zero-order valence-electron chi connectivity index (χ0n) is 14.8. The molecule has 2 rings (SSSR count). The van der Waals surface area contributed by atoms with Crippen LogP contribution in [-0.4, -0.2) is 54.3 Å². The molecule has 0 bridgehead atoms. The molecule has 0 aliphatic heterocycles. The zero-order valence-corrected chi connectivity index (χ0v) is 16.5. The molecule has 0 aromatic carbocycles. The molecule has 0 fully saturated rings. The largest absolute Gasteiger partial charge is 0.461 e. The predicted molar refractivity (Wildman–Crippen MR) is 96.7 cm³/mol. The Morgan fingerprint density at radius 2 is 2.12 bits per heavy atom. The summed E-state index contributed by atoms with van der Waals surface area (Å²) in [6.07, 6.45) is 1.31. The number of aromatic nitrogens is 2. The Morgan fingerprint density at radius 1 is 1.42 bits per heavy atom. The summed E-state index contributed by atoms with van der Waals surface area (Å²) in [5, 5.41) is 4.73. The first-order valence-corrected chi connectivity index (χ1v) is 9.99. The summed E-state index contributed by atoms with van der Waals surface area (Å²) in [5.74, 6) is -1.12. The normalized spacial score (nSPS) is 11.6. The Kier molecular flexibility index (Phi) is 6.16. The molecule has 142 valence electrons. The zero-order chi connectivity index (χ0) is 19.5. The van der Waals surface area contributed by atoms with Crippen LogP contribution in [0, 0.1) is 6.92 Å². The number of carbonyl (C=O) groups is 2. The smallest absolute Gasteiger partial charge is 0.354 e. The van der Waals surface area contributed by atoms with Crippen molar-refractivity contribution in [3.63, 3.8) is 0 Å². The number of nitrogens with one attached hydrogen (secondary N) is 1. The van der Waals surface area contributed by atoms with Crippen LogP contribution in [0.1, 0.15) is 23.1 Å². The number of hydrogen-bond acceptors (Lipinski definition) is 7. The number of amides is 1. The fourth-order valence-corrected chi connectivity index (χ4v) is 4.02. The van der Waals surface area contributed by atoms with E-state index in [0.29, 0.717) is 5.13 Å². The first-order chi connectivity index (χ1) is 12.1. The summed E-state index contributed by atoms with van der Waals surface area (Å²) in [6, 6.07) is 1.23. The number of rotatable bonds is 7. The van der Waals surface area contributed by atoms with Gasteiger partial charge in [-0.2, -0.15) is 4.31 Å². The van der Waals surface area contributed by atoms with E-state index in [1.165, 1.54) is 35.2 Å². The second-order valence-electron chi connectivity index (χ2n) is 5.50. The minimum Gasteiger partial charge on any atom is -0.461 e. The number of ether oxygens (including phenoxy) is 1. The number of nitrogens with zero attached hydrogens (tertiary/aromatic N) is 3. The number of sulfonamides is 1. The van der Waals surface area contributed by atoms with Crippen LogP contribution in [0.3, 0.4) is 0 Å². The van der Waals surface area contributed by atoms with Crippen LogP contribution in [0.25, 0.3) is 0 Å². The van der Waals surface area contributed by atoms with Crippen molar-refractivity contribution in [2.24, 2.45) is 7.05 Å². The Bertz CT molecular complexity index is 916. The minimum absolute atomic E-state index is 0.0940. The van der Waals surface area contributed by atoms with Gasteiger partial charge in [-0.25, -0.2) is 18.2 Å². The lowest BCUT2D eigenvalue weighted by molar-refractivity contribution is -0.116. The van der Waals surface area contributed by atoms with Gasteiger partial charge in [0.2, 0.25) is 15.9 Å². The number of thiazole rings is 1. The molecular formula is C15H20N4O5S2. The van der Waals surface area contributed by atoms with Crippen LogP contribution in [0.2, 0.25) is 0 Å². The molecule has 9 nitrogen and oxygen atoms in total. The van der Waals surface area contributed by atoms with Crippen molar-refractivity contribution in [3.8, 4) is 0 Å². The summed E-state index contributed by atoms with van der Waals surface area (Å²) in [6.45, 7) is 3.25. The lowest BCUT2D eigenvalue weighted by Crippen LogP contribution is -2.34. The molecular weight excluding hydrogens is 380 g/mol. The van der Waals surface area contributed by atoms with Crippen LogP contribution in [0.4, 0.5) is 5.13 Å². The van der Waals surface area contributed by atoms with E-state index in [4.69, 9.17) is 4.74 Å². The number of hydrogen-bond donors (Lipinski definition) is 1. The fourth-order valence-electron chi connectivity index (χ4n) is 2.12. The van der Waals surface area contributed by atoms with Gasteiger partial charge in [0.25, 0.3) is 0 Å². The number of esters is 1. The van der Waals surface area contributed by atoms with Crippen molar-refractivity contribution in [3.05, 3.63) is 29.0 Å². The second-order valence-corrected chi connectivity index (χ2v) is 8.40. The summed E-state index contributed by atoms with van der Waals surface area (Å²) in [4.78, 5) is 27.9. The molecule has 2 aromatic heterocycles. The maximum atomic E-state index is 12.6. The van der Waals surface area contributed by atoms with Crippen molar-refractivity contribution in [2.75, 3.05) is 25.5 Å². The van der Waals surface area contributed by atoms with Gasteiger partial charge < -0.3 is 14.6 Å². The molecule has 11 heteroatoms. The highest BCUT2D eigenvalue weighted by molar-refractivity contribution is 7.89. The first kappa shape index (κ1) is 20.1. The third-order valence-electron chi connectivity index (χ3n) is 3.40. The van der Waals surface area contributed by atoms with E-state index in [-0.39, 0.29) is 23.7 Å². The molecule has 1 N–H and O–H groups in total.